The lowest BCUT2D eigenvalue weighted by Crippen LogP contribution is -2.29. The Bertz CT molecular complexity index is 1660. The molecule has 0 aliphatic carbocycles. The number of hydrogen-bond acceptors (Lipinski definition) is 4. The van der Waals surface area contributed by atoms with E-state index in [2.05, 4.69) is 62.4 Å². The summed E-state index contributed by atoms with van der Waals surface area (Å²) in [4.78, 5) is 15.9. The standard InChI is InChI=1S/C36H35N3O3/c1-4-22-41-30-20-16-29(17-21-30)34-32-33(28-14-18-31(19-15-28)42-24-27-12-10-25(2)11-13-27)37-38(3)35(32)36(40)39(34)23-26-8-6-5-7-9-26/h5-21,34H,4,22-24H2,1-3H3/t34-/m1/s1. The average molecular weight is 558 g/mol. The summed E-state index contributed by atoms with van der Waals surface area (Å²) in [6.07, 6.45) is 0.946. The second kappa shape index (κ2) is 12.0. The monoisotopic (exact) mass is 557 g/mol. The summed E-state index contributed by atoms with van der Waals surface area (Å²) >= 11 is 0. The molecule has 0 fully saturated rings. The zero-order valence-corrected chi connectivity index (χ0v) is 24.3. The molecule has 5 aromatic rings. The highest BCUT2D eigenvalue weighted by Crippen LogP contribution is 2.44. The Morgan fingerprint density at radius 2 is 1.45 bits per heavy atom. The second-order valence-corrected chi connectivity index (χ2v) is 10.8. The van der Waals surface area contributed by atoms with Gasteiger partial charge in [-0.1, -0.05) is 79.2 Å². The first-order chi connectivity index (χ1) is 20.5. The number of fused-ring (bicyclic) bond motifs is 1. The van der Waals surface area contributed by atoms with E-state index in [1.54, 1.807) is 4.68 Å². The first kappa shape index (κ1) is 27.3. The fraction of sp³-hybridized carbons (Fsp3) is 0.222. The molecule has 1 aromatic heterocycles. The van der Waals surface area contributed by atoms with E-state index in [9.17, 15) is 4.79 Å². The van der Waals surface area contributed by atoms with Crippen LogP contribution in [0.25, 0.3) is 11.3 Å². The number of aromatic nitrogens is 2. The number of carbonyl (C=O) groups excluding carboxylic acids is 1. The minimum absolute atomic E-state index is 0.0236. The molecule has 0 bridgehead atoms. The second-order valence-electron chi connectivity index (χ2n) is 10.8. The number of ether oxygens (including phenoxy) is 2. The van der Waals surface area contributed by atoms with Crippen LogP contribution in [0.4, 0.5) is 0 Å². The molecular formula is C36H35N3O3. The Balaban J connectivity index is 1.34. The van der Waals surface area contributed by atoms with Gasteiger partial charge in [0.2, 0.25) is 0 Å². The summed E-state index contributed by atoms with van der Waals surface area (Å²) in [5, 5.41) is 4.86. The van der Waals surface area contributed by atoms with Crippen LogP contribution >= 0.6 is 0 Å². The van der Waals surface area contributed by atoms with Crippen molar-refractivity contribution in [2.75, 3.05) is 6.61 Å². The van der Waals surface area contributed by atoms with Crippen LogP contribution in [0, 0.1) is 6.92 Å². The van der Waals surface area contributed by atoms with Gasteiger partial charge in [0.1, 0.15) is 23.8 Å². The number of benzene rings is 4. The van der Waals surface area contributed by atoms with Crippen LogP contribution in [0.2, 0.25) is 0 Å². The number of amides is 1. The lowest BCUT2D eigenvalue weighted by Gasteiger charge is -2.27. The Morgan fingerprint density at radius 3 is 2.14 bits per heavy atom. The first-order valence-electron chi connectivity index (χ1n) is 14.4. The number of rotatable bonds is 10. The summed E-state index contributed by atoms with van der Waals surface area (Å²) in [6.45, 7) is 5.84. The van der Waals surface area contributed by atoms with Crippen LogP contribution < -0.4 is 9.47 Å². The van der Waals surface area contributed by atoms with Crippen LogP contribution in [0.15, 0.2) is 103 Å². The van der Waals surface area contributed by atoms with E-state index in [1.165, 1.54) is 5.56 Å². The van der Waals surface area contributed by atoms with Gasteiger partial charge in [0.15, 0.2) is 0 Å². The van der Waals surface area contributed by atoms with Gasteiger partial charge in [-0.05, 0) is 66.4 Å². The third kappa shape index (κ3) is 5.53. The molecule has 6 heteroatoms. The SMILES string of the molecule is CCCOc1ccc([C@@H]2c3c(-c4ccc(OCc5ccc(C)cc5)cc4)nn(C)c3C(=O)N2Cc2ccccc2)cc1. The predicted molar refractivity (Wildman–Crippen MR) is 165 cm³/mol. The molecule has 1 atom stereocenters. The minimum atomic E-state index is -0.283. The number of carbonyl (C=O) groups is 1. The Kier molecular flexibility index (Phi) is 7.78. The van der Waals surface area contributed by atoms with Crippen molar-refractivity contribution in [1.29, 1.82) is 0 Å². The molecular weight excluding hydrogens is 522 g/mol. The van der Waals surface area contributed by atoms with E-state index in [-0.39, 0.29) is 11.9 Å². The molecule has 1 aliphatic rings. The molecule has 0 spiro atoms. The van der Waals surface area contributed by atoms with Crippen molar-refractivity contribution in [3.63, 3.8) is 0 Å². The smallest absolute Gasteiger partial charge is 0.273 e. The van der Waals surface area contributed by atoms with E-state index >= 15 is 0 Å². The lowest BCUT2D eigenvalue weighted by atomic mass is 9.95. The Morgan fingerprint density at radius 1 is 0.786 bits per heavy atom. The largest absolute Gasteiger partial charge is 0.494 e. The molecule has 6 nitrogen and oxygen atoms in total. The van der Waals surface area contributed by atoms with Crippen molar-refractivity contribution in [2.24, 2.45) is 7.05 Å². The van der Waals surface area contributed by atoms with Crippen molar-refractivity contribution in [3.8, 4) is 22.8 Å². The topological polar surface area (TPSA) is 56.6 Å². The van der Waals surface area contributed by atoms with Crippen molar-refractivity contribution in [1.82, 2.24) is 14.7 Å². The molecule has 212 valence electrons. The van der Waals surface area contributed by atoms with Crippen LogP contribution in [-0.2, 0) is 20.2 Å². The Hall–Kier alpha value is -4.84. The van der Waals surface area contributed by atoms with Gasteiger partial charge in [-0.3, -0.25) is 9.48 Å². The molecule has 0 N–H and O–H groups in total. The molecule has 0 saturated carbocycles. The van der Waals surface area contributed by atoms with Gasteiger partial charge in [0.25, 0.3) is 5.91 Å². The first-order valence-corrected chi connectivity index (χ1v) is 14.4. The van der Waals surface area contributed by atoms with Crippen molar-refractivity contribution < 1.29 is 14.3 Å². The van der Waals surface area contributed by atoms with Gasteiger partial charge < -0.3 is 14.4 Å². The van der Waals surface area contributed by atoms with E-state index in [0.29, 0.717) is 25.5 Å². The summed E-state index contributed by atoms with van der Waals surface area (Å²) < 4.78 is 13.6. The molecule has 0 radical (unpaired) electrons. The quantitative estimate of drug-likeness (QED) is 0.178. The van der Waals surface area contributed by atoms with Crippen LogP contribution in [-0.4, -0.2) is 27.2 Å². The Labute approximate surface area is 247 Å². The zero-order chi connectivity index (χ0) is 29.1. The molecule has 2 heterocycles. The lowest BCUT2D eigenvalue weighted by molar-refractivity contribution is 0.0726. The summed E-state index contributed by atoms with van der Waals surface area (Å²) in [6, 6.07) is 34.3. The predicted octanol–water partition coefficient (Wildman–Crippen LogP) is 7.51. The van der Waals surface area contributed by atoms with Gasteiger partial charge in [0, 0.05) is 24.7 Å². The van der Waals surface area contributed by atoms with Gasteiger partial charge in [-0.25, -0.2) is 0 Å². The van der Waals surface area contributed by atoms with Crippen molar-refractivity contribution in [3.05, 3.63) is 137 Å². The molecule has 42 heavy (non-hydrogen) atoms. The van der Waals surface area contributed by atoms with Crippen LogP contribution in [0.3, 0.4) is 0 Å². The fourth-order valence-corrected chi connectivity index (χ4v) is 5.49. The van der Waals surface area contributed by atoms with E-state index in [0.717, 1.165) is 51.4 Å². The molecule has 0 unspecified atom stereocenters. The number of aryl methyl sites for hydroxylation is 2. The van der Waals surface area contributed by atoms with E-state index < -0.39 is 0 Å². The maximum absolute atomic E-state index is 14.0. The fourth-order valence-electron chi connectivity index (χ4n) is 5.49. The molecule has 4 aromatic carbocycles. The number of hydrogen-bond donors (Lipinski definition) is 0. The highest BCUT2D eigenvalue weighted by atomic mass is 16.5. The third-order valence-corrected chi connectivity index (χ3v) is 7.65. The zero-order valence-electron chi connectivity index (χ0n) is 24.3. The third-order valence-electron chi connectivity index (χ3n) is 7.65. The minimum Gasteiger partial charge on any atom is -0.494 e. The van der Waals surface area contributed by atoms with Gasteiger partial charge in [0.05, 0.1) is 18.3 Å². The normalized spacial score (nSPS) is 14.2. The summed E-state index contributed by atoms with van der Waals surface area (Å²) in [5.41, 5.74) is 7.75. The number of nitrogens with zero attached hydrogens (tertiary/aromatic N) is 3. The van der Waals surface area contributed by atoms with Crippen molar-refractivity contribution in [2.45, 2.75) is 39.5 Å². The summed E-state index contributed by atoms with van der Waals surface area (Å²) in [5.74, 6) is 1.59. The molecule has 0 saturated heterocycles. The summed E-state index contributed by atoms with van der Waals surface area (Å²) in [7, 11) is 1.85. The average Bonchev–Trinajstić information content (AvgIpc) is 3.51. The maximum Gasteiger partial charge on any atom is 0.273 e. The van der Waals surface area contributed by atoms with Crippen LogP contribution in [0.5, 0.6) is 11.5 Å². The molecule has 6 rings (SSSR count). The van der Waals surface area contributed by atoms with Gasteiger partial charge in [-0.15, -0.1) is 0 Å². The highest BCUT2D eigenvalue weighted by molar-refractivity contribution is 6.00. The highest BCUT2D eigenvalue weighted by Gasteiger charge is 2.43. The van der Waals surface area contributed by atoms with E-state index in [4.69, 9.17) is 14.6 Å². The molecule has 1 aliphatic heterocycles. The van der Waals surface area contributed by atoms with E-state index in [1.807, 2.05) is 66.5 Å². The van der Waals surface area contributed by atoms with Gasteiger partial charge in [-0.2, -0.15) is 5.10 Å². The van der Waals surface area contributed by atoms with Crippen LogP contribution in [0.1, 0.15) is 57.7 Å². The maximum atomic E-state index is 14.0. The molecule has 1 amide bonds. The van der Waals surface area contributed by atoms with Crippen molar-refractivity contribution >= 4 is 5.91 Å². The van der Waals surface area contributed by atoms with Gasteiger partial charge >= 0.3 is 0 Å².